The molecular weight excluding hydrogens is 396 g/mol. The Morgan fingerprint density at radius 2 is 1.58 bits per heavy atom. The van der Waals surface area contributed by atoms with Gasteiger partial charge in [-0.25, -0.2) is 0 Å². The Kier molecular flexibility index (Phi) is 7.09. The van der Waals surface area contributed by atoms with E-state index in [9.17, 15) is 14.4 Å². The number of amides is 3. The zero-order chi connectivity index (χ0) is 22.5. The molecule has 0 aliphatic carbocycles. The molecule has 1 aromatic heterocycles. The molecular formula is C23H30N4O4. The summed E-state index contributed by atoms with van der Waals surface area (Å²) in [6, 6.07) is 7.45. The maximum absolute atomic E-state index is 12.9. The fourth-order valence-corrected chi connectivity index (χ4v) is 3.82. The Morgan fingerprint density at radius 3 is 2.10 bits per heavy atom. The molecule has 31 heavy (non-hydrogen) atoms. The summed E-state index contributed by atoms with van der Waals surface area (Å²) in [5.74, 6) is 0.474. The van der Waals surface area contributed by atoms with Crippen LogP contribution in [0.1, 0.15) is 47.5 Å². The number of nitrogens with one attached hydrogen (secondary N) is 1. The second kappa shape index (κ2) is 9.76. The number of carbonyl (C=O) groups is 3. The molecule has 3 rings (SSSR count). The molecule has 1 fully saturated rings. The van der Waals surface area contributed by atoms with E-state index in [1.54, 1.807) is 16.7 Å². The third-order valence-corrected chi connectivity index (χ3v) is 5.73. The van der Waals surface area contributed by atoms with Crippen molar-refractivity contribution in [3.63, 3.8) is 0 Å². The van der Waals surface area contributed by atoms with Gasteiger partial charge in [-0.3, -0.25) is 14.4 Å². The van der Waals surface area contributed by atoms with Crippen molar-refractivity contribution in [3.05, 3.63) is 52.4 Å². The van der Waals surface area contributed by atoms with Gasteiger partial charge in [0.1, 0.15) is 5.76 Å². The topological polar surface area (TPSA) is 95.8 Å². The highest BCUT2D eigenvalue weighted by Crippen LogP contribution is 2.20. The summed E-state index contributed by atoms with van der Waals surface area (Å²) in [6.07, 6.45) is 0.447. The van der Waals surface area contributed by atoms with Crippen LogP contribution in [-0.4, -0.2) is 58.9 Å². The second-order valence-electron chi connectivity index (χ2n) is 8.11. The molecule has 2 aromatic rings. The molecule has 166 valence electrons. The van der Waals surface area contributed by atoms with Crippen molar-refractivity contribution in [1.29, 1.82) is 0 Å². The van der Waals surface area contributed by atoms with Gasteiger partial charge in [0.2, 0.25) is 17.7 Å². The zero-order valence-corrected chi connectivity index (χ0v) is 18.6. The third-order valence-electron chi connectivity index (χ3n) is 5.73. The van der Waals surface area contributed by atoms with Gasteiger partial charge in [-0.15, -0.1) is 0 Å². The van der Waals surface area contributed by atoms with E-state index >= 15 is 0 Å². The lowest BCUT2D eigenvalue weighted by Gasteiger charge is -2.35. The average Bonchev–Trinajstić information content (AvgIpc) is 3.05. The molecule has 0 spiro atoms. The van der Waals surface area contributed by atoms with Gasteiger partial charge >= 0.3 is 0 Å². The number of aryl methyl sites for hydroxylation is 3. The number of rotatable bonds is 6. The van der Waals surface area contributed by atoms with Crippen LogP contribution in [0.2, 0.25) is 0 Å². The van der Waals surface area contributed by atoms with E-state index in [1.807, 2.05) is 38.1 Å². The highest BCUT2D eigenvalue weighted by Gasteiger charge is 2.27. The maximum Gasteiger partial charge on any atom is 0.227 e. The largest absolute Gasteiger partial charge is 0.361 e. The molecule has 1 aliphatic rings. The quantitative estimate of drug-likeness (QED) is 0.763. The first-order chi connectivity index (χ1) is 14.7. The van der Waals surface area contributed by atoms with Crippen molar-refractivity contribution in [2.24, 2.45) is 0 Å². The molecule has 2 heterocycles. The number of hydrogen-bond acceptors (Lipinski definition) is 5. The van der Waals surface area contributed by atoms with Crippen LogP contribution in [0.4, 0.5) is 0 Å². The lowest BCUT2D eigenvalue weighted by atomic mass is 10.0. The lowest BCUT2D eigenvalue weighted by molar-refractivity contribution is -0.139. The Bertz CT molecular complexity index is 923. The summed E-state index contributed by atoms with van der Waals surface area (Å²) < 4.78 is 5.14. The number of nitrogens with zero attached hydrogens (tertiary/aromatic N) is 3. The number of carbonyl (C=O) groups excluding carboxylic acids is 3. The average molecular weight is 427 g/mol. The number of benzene rings is 1. The van der Waals surface area contributed by atoms with Gasteiger partial charge in [-0.2, -0.15) is 0 Å². The van der Waals surface area contributed by atoms with Crippen LogP contribution >= 0.6 is 0 Å². The Labute approximate surface area is 182 Å². The molecule has 1 aliphatic heterocycles. The van der Waals surface area contributed by atoms with Crippen molar-refractivity contribution in [3.8, 4) is 0 Å². The maximum atomic E-state index is 12.9. The fourth-order valence-electron chi connectivity index (χ4n) is 3.82. The summed E-state index contributed by atoms with van der Waals surface area (Å²) >= 11 is 0. The van der Waals surface area contributed by atoms with Gasteiger partial charge in [0.05, 0.1) is 24.6 Å². The first-order valence-corrected chi connectivity index (χ1v) is 10.6. The highest BCUT2D eigenvalue weighted by atomic mass is 16.5. The van der Waals surface area contributed by atoms with Gasteiger partial charge in [0, 0.05) is 38.7 Å². The highest BCUT2D eigenvalue weighted by molar-refractivity contribution is 5.81. The standard InChI is InChI=1S/C23H30N4O4/c1-15-5-7-19(8-6-15)21(24-18(4)28)14-23(30)27-11-9-26(10-12-27)22(29)13-20-16(2)25-31-17(20)3/h5-8,21H,9-14H2,1-4H3,(H,24,28). The molecule has 1 aromatic carbocycles. The van der Waals surface area contributed by atoms with Crippen molar-refractivity contribution in [2.45, 2.75) is 46.6 Å². The van der Waals surface area contributed by atoms with Crippen LogP contribution < -0.4 is 5.32 Å². The monoisotopic (exact) mass is 426 g/mol. The lowest BCUT2D eigenvalue weighted by Crippen LogP contribution is -2.51. The van der Waals surface area contributed by atoms with Crippen LogP contribution in [0.5, 0.6) is 0 Å². The summed E-state index contributed by atoms with van der Waals surface area (Å²) in [5, 5.41) is 6.78. The van der Waals surface area contributed by atoms with Gasteiger partial charge in [-0.05, 0) is 26.3 Å². The molecule has 8 heteroatoms. The third kappa shape index (κ3) is 5.71. The molecule has 0 bridgehead atoms. The van der Waals surface area contributed by atoms with E-state index < -0.39 is 0 Å². The molecule has 0 saturated carbocycles. The minimum Gasteiger partial charge on any atom is -0.361 e. The van der Waals surface area contributed by atoms with Crippen LogP contribution in [0.15, 0.2) is 28.8 Å². The summed E-state index contributed by atoms with van der Waals surface area (Å²) in [7, 11) is 0. The van der Waals surface area contributed by atoms with Gasteiger partial charge in [0.25, 0.3) is 0 Å². The minimum absolute atomic E-state index is 0.0114. The minimum atomic E-state index is -0.371. The van der Waals surface area contributed by atoms with Crippen molar-refractivity contribution in [1.82, 2.24) is 20.3 Å². The van der Waals surface area contributed by atoms with E-state index in [0.717, 1.165) is 22.4 Å². The van der Waals surface area contributed by atoms with Crippen molar-refractivity contribution in [2.75, 3.05) is 26.2 Å². The number of aromatic nitrogens is 1. The molecule has 1 unspecified atom stereocenters. The zero-order valence-electron chi connectivity index (χ0n) is 18.6. The fraction of sp³-hybridized carbons (Fsp3) is 0.478. The summed E-state index contributed by atoms with van der Waals surface area (Å²) in [4.78, 5) is 40.8. The van der Waals surface area contributed by atoms with Gasteiger partial charge in [0.15, 0.2) is 0 Å². The Balaban J connectivity index is 1.56. The summed E-state index contributed by atoms with van der Waals surface area (Å²) in [5.41, 5.74) is 3.59. The molecule has 1 N–H and O–H groups in total. The van der Waals surface area contributed by atoms with E-state index in [2.05, 4.69) is 10.5 Å². The number of hydrogen-bond donors (Lipinski definition) is 1. The molecule has 8 nitrogen and oxygen atoms in total. The van der Waals surface area contributed by atoms with E-state index in [4.69, 9.17) is 4.52 Å². The Morgan fingerprint density at radius 1 is 1.00 bits per heavy atom. The van der Waals surface area contributed by atoms with E-state index in [-0.39, 0.29) is 36.6 Å². The number of piperazine rings is 1. The summed E-state index contributed by atoms with van der Waals surface area (Å²) in [6.45, 7) is 9.02. The predicted octanol–water partition coefficient (Wildman–Crippen LogP) is 2.08. The molecule has 1 atom stereocenters. The second-order valence-corrected chi connectivity index (χ2v) is 8.11. The van der Waals surface area contributed by atoms with Crippen molar-refractivity contribution >= 4 is 17.7 Å². The smallest absolute Gasteiger partial charge is 0.227 e. The SMILES string of the molecule is CC(=O)NC(CC(=O)N1CCN(C(=O)Cc2c(C)noc2C)CC1)c1ccc(C)cc1. The molecule has 1 saturated heterocycles. The van der Waals surface area contributed by atoms with Crippen LogP contribution in [-0.2, 0) is 20.8 Å². The van der Waals surface area contributed by atoms with Crippen LogP contribution in [0.25, 0.3) is 0 Å². The van der Waals surface area contributed by atoms with E-state index in [1.165, 1.54) is 6.92 Å². The normalized spacial score (nSPS) is 15.0. The van der Waals surface area contributed by atoms with Gasteiger partial charge < -0.3 is 19.6 Å². The first-order valence-electron chi connectivity index (χ1n) is 10.6. The van der Waals surface area contributed by atoms with Crippen LogP contribution in [0.3, 0.4) is 0 Å². The molecule has 3 amide bonds. The molecule has 0 radical (unpaired) electrons. The van der Waals surface area contributed by atoms with Crippen molar-refractivity contribution < 1.29 is 18.9 Å². The first kappa shape index (κ1) is 22.5. The predicted molar refractivity (Wildman–Crippen MR) is 115 cm³/mol. The van der Waals surface area contributed by atoms with E-state index in [0.29, 0.717) is 31.9 Å². The van der Waals surface area contributed by atoms with Crippen LogP contribution in [0, 0.1) is 20.8 Å². The Hall–Kier alpha value is -3.16. The van der Waals surface area contributed by atoms with Gasteiger partial charge in [-0.1, -0.05) is 35.0 Å².